The topological polar surface area (TPSA) is 68.5 Å². The van der Waals surface area contributed by atoms with Gasteiger partial charge in [-0.15, -0.1) is 5.26 Å². The largest absolute Gasteiger partial charge is 0.506 e. The van der Waals surface area contributed by atoms with Crippen LogP contribution in [0, 0.1) is 18.4 Å². The van der Waals surface area contributed by atoms with Crippen LogP contribution in [-0.2, 0) is 0 Å². The standard InChI is InChI=1S/C16H21N3O2/c1-12-8-14(20)13(9-15(12)21-11-17)18-10-16-4-2-6-19(16)7-3-5-16/h8-9,18,20H,2-7,10H2,1H3. The molecule has 2 N–H and O–H groups in total. The number of anilines is 1. The van der Waals surface area contributed by atoms with Gasteiger partial charge in [-0.1, -0.05) is 0 Å². The van der Waals surface area contributed by atoms with E-state index in [1.807, 2.05) is 6.92 Å². The quantitative estimate of drug-likeness (QED) is 0.658. The van der Waals surface area contributed by atoms with Crippen molar-refractivity contribution >= 4 is 5.69 Å². The first-order chi connectivity index (χ1) is 10.1. The maximum Gasteiger partial charge on any atom is 0.292 e. The van der Waals surface area contributed by atoms with E-state index >= 15 is 0 Å². The third kappa shape index (κ3) is 2.52. The number of rotatable bonds is 4. The van der Waals surface area contributed by atoms with Gasteiger partial charge in [-0.05, 0) is 57.3 Å². The fraction of sp³-hybridized carbons (Fsp3) is 0.562. The Morgan fingerprint density at radius 1 is 1.38 bits per heavy atom. The first-order valence-corrected chi connectivity index (χ1v) is 7.53. The molecule has 0 aromatic heterocycles. The Kier molecular flexibility index (Phi) is 3.64. The van der Waals surface area contributed by atoms with Gasteiger partial charge in [-0.2, -0.15) is 0 Å². The molecule has 112 valence electrons. The summed E-state index contributed by atoms with van der Waals surface area (Å²) in [5, 5.41) is 22.1. The number of nitriles is 1. The summed E-state index contributed by atoms with van der Waals surface area (Å²) in [4.78, 5) is 2.57. The minimum Gasteiger partial charge on any atom is -0.506 e. The maximum atomic E-state index is 10.1. The van der Waals surface area contributed by atoms with Gasteiger partial charge in [0.15, 0.2) is 0 Å². The molecule has 5 heteroatoms. The second-order valence-electron chi connectivity index (χ2n) is 6.10. The molecular formula is C16H21N3O2. The van der Waals surface area contributed by atoms with Gasteiger partial charge in [0, 0.05) is 18.2 Å². The van der Waals surface area contributed by atoms with Crippen LogP contribution < -0.4 is 10.1 Å². The van der Waals surface area contributed by atoms with Crippen LogP contribution in [0.4, 0.5) is 5.69 Å². The molecule has 5 nitrogen and oxygen atoms in total. The summed E-state index contributed by atoms with van der Waals surface area (Å²) in [7, 11) is 0. The summed E-state index contributed by atoms with van der Waals surface area (Å²) < 4.78 is 4.93. The van der Waals surface area contributed by atoms with E-state index in [-0.39, 0.29) is 11.3 Å². The Labute approximate surface area is 125 Å². The predicted octanol–water partition coefficient (Wildman–Crippen LogP) is 2.60. The van der Waals surface area contributed by atoms with E-state index in [0.29, 0.717) is 11.4 Å². The van der Waals surface area contributed by atoms with Crippen LogP contribution >= 0.6 is 0 Å². The summed E-state index contributed by atoms with van der Waals surface area (Å²) in [6, 6.07) is 3.34. The van der Waals surface area contributed by atoms with Gasteiger partial charge in [0.1, 0.15) is 11.5 Å². The average molecular weight is 287 g/mol. The number of phenolic OH excluding ortho intramolecular Hbond substituents is 1. The highest BCUT2D eigenvalue weighted by atomic mass is 16.5. The van der Waals surface area contributed by atoms with Crippen molar-refractivity contribution in [1.29, 1.82) is 5.26 Å². The van der Waals surface area contributed by atoms with Crippen LogP contribution in [0.25, 0.3) is 0 Å². The summed E-state index contributed by atoms with van der Waals surface area (Å²) in [5.74, 6) is 0.696. The number of aromatic hydroxyl groups is 1. The molecule has 0 aliphatic carbocycles. The number of hydrogen-bond donors (Lipinski definition) is 2. The molecule has 0 radical (unpaired) electrons. The molecule has 21 heavy (non-hydrogen) atoms. The number of nitrogens with one attached hydrogen (secondary N) is 1. The van der Waals surface area contributed by atoms with E-state index in [9.17, 15) is 5.11 Å². The molecule has 2 aliphatic rings. The summed E-state index contributed by atoms with van der Waals surface area (Å²) >= 11 is 0. The molecule has 0 unspecified atom stereocenters. The molecule has 0 bridgehead atoms. The molecule has 1 aromatic rings. The molecule has 3 rings (SSSR count). The lowest BCUT2D eigenvalue weighted by molar-refractivity contribution is 0.209. The van der Waals surface area contributed by atoms with E-state index in [1.165, 1.54) is 38.8 Å². The zero-order valence-electron chi connectivity index (χ0n) is 12.4. The van der Waals surface area contributed by atoms with E-state index < -0.39 is 0 Å². The maximum absolute atomic E-state index is 10.1. The van der Waals surface area contributed by atoms with E-state index in [2.05, 4.69) is 10.2 Å². The lowest BCUT2D eigenvalue weighted by atomic mass is 9.94. The van der Waals surface area contributed by atoms with Crippen molar-refractivity contribution < 1.29 is 9.84 Å². The Morgan fingerprint density at radius 3 is 2.76 bits per heavy atom. The molecule has 0 atom stereocenters. The fourth-order valence-electron chi connectivity index (χ4n) is 3.75. The first-order valence-electron chi connectivity index (χ1n) is 7.53. The molecule has 1 aromatic carbocycles. The monoisotopic (exact) mass is 287 g/mol. The number of ether oxygens (including phenoxy) is 1. The fourth-order valence-corrected chi connectivity index (χ4v) is 3.75. The predicted molar refractivity (Wildman–Crippen MR) is 80.3 cm³/mol. The Bertz CT molecular complexity index is 570. The molecule has 2 fully saturated rings. The molecule has 2 aliphatic heterocycles. The lowest BCUT2D eigenvalue weighted by Crippen LogP contribution is -2.44. The summed E-state index contributed by atoms with van der Waals surface area (Å²) in [5.41, 5.74) is 1.63. The van der Waals surface area contributed by atoms with Gasteiger partial charge >= 0.3 is 0 Å². The Balaban J connectivity index is 1.76. The van der Waals surface area contributed by atoms with Gasteiger partial charge < -0.3 is 15.2 Å². The van der Waals surface area contributed by atoms with Crippen LogP contribution in [0.2, 0.25) is 0 Å². The number of hydrogen-bond acceptors (Lipinski definition) is 5. The average Bonchev–Trinajstić information content (AvgIpc) is 3.00. The van der Waals surface area contributed by atoms with Crippen LogP contribution in [0.15, 0.2) is 12.1 Å². The van der Waals surface area contributed by atoms with Gasteiger partial charge in [-0.25, -0.2) is 0 Å². The first kappa shape index (κ1) is 14.0. The molecule has 0 spiro atoms. The van der Waals surface area contributed by atoms with Crippen molar-refractivity contribution in [2.75, 3.05) is 25.0 Å². The lowest BCUT2D eigenvalue weighted by Gasteiger charge is -2.32. The van der Waals surface area contributed by atoms with Gasteiger partial charge in [0.25, 0.3) is 6.26 Å². The number of benzene rings is 1. The molecule has 2 heterocycles. The van der Waals surface area contributed by atoms with Crippen LogP contribution in [-0.4, -0.2) is 35.2 Å². The number of fused-ring (bicyclic) bond motifs is 1. The van der Waals surface area contributed by atoms with Crippen molar-refractivity contribution in [2.24, 2.45) is 0 Å². The third-order valence-corrected chi connectivity index (χ3v) is 4.87. The highest BCUT2D eigenvalue weighted by molar-refractivity contribution is 5.62. The third-order valence-electron chi connectivity index (χ3n) is 4.87. The summed E-state index contributed by atoms with van der Waals surface area (Å²) in [6.07, 6.45) is 6.63. The van der Waals surface area contributed by atoms with E-state index in [4.69, 9.17) is 10.00 Å². The molecule has 2 saturated heterocycles. The van der Waals surface area contributed by atoms with Crippen molar-refractivity contribution in [3.63, 3.8) is 0 Å². The number of aryl methyl sites for hydroxylation is 1. The van der Waals surface area contributed by atoms with Crippen LogP contribution in [0.5, 0.6) is 11.5 Å². The van der Waals surface area contributed by atoms with E-state index in [0.717, 1.165) is 12.1 Å². The van der Waals surface area contributed by atoms with Crippen molar-refractivity contribution in [1.82, 2.24) is 4.90 Å². The van der Waals surface area contributed by atoms with E-state index in [1.54, 1.807) is 18.4 Å². The SMILES string of the molecule is Cc1cc(O)c(NCC23CCCN2CCC3)cc1OC#N. The van der Waals surface area contributed by atoms with Gasteiger partial charge in [0.05, 0.1) is 5.69 Å². The zero-order valence-corrected chi connectivity index (χ0v) is 12.4. The smallest absolute Gasteiger partial charge is 0.292 e. The Morgan fingerprint density at radius 2 is 2.10 bits per heavy atom. The van der Waals surface area contributed by atoms with Crippen molar-refractivity contribution in [2.45, 2.75) is 38.1 Å². The molecular weight excluding hydrogens is 266 g/mol. The second-order valence-corrected chi connectivity index (χ2v) is 6.10. The minimum absolute atomic E-state index is 0.205. The molecule has 0 amide bonds. The van der Waals surface area contributed by atoms with Crippen LogP contribution in [0.3, 0.4) is 0 Å². The van der Waals surface area contributed by atoms with Crippen molar-refractivity contribution in [3.8, 4) is 17.8 Å². The van der Waals surface area contributed by atoms with Crippen molar-refractivity contribution in [3.05, 3.63) is 17.7 Å². The Hall–Kier alpha value is -1.93. The zero-order chi connectivity index (χ0) is 14.9. The van der Waals surface area contributed by atoms with Gasteiger partial charge in [-0.3, -0.25) is 4.90 Å². The normalized spacial score (nSPS) is 20.0. The molecule has 0 saturated carbocycles. The van der Waals surface area contributed by atoms with Crippen LogP contribution in [0.1, 0.15) is 31.2 Å². The van der Waals surface area contributed by atoms with Gasteiger partial charge in [0.2, 0.25) is 0 Å². The number of nitrogens with zero attached hydrogens (tertiary/aromatic N) is 2. The number of phenols is 1. The highest BCUT2D eigenvalue weighted by Crippen LogP contribution is 2.40. The summed E-state index contributed by atoms with van der Waals surface area (Å²) in [6.45, 7) is 5.01. The minimum atomic E-state index is 0.205. The second kappa shape index (κ2) is 5.45. The highest BCUT2D eigenvalue weighted by Gasteiger charge is 2.43.